The van der Waals surface area contributed by atoms with Gasteiger partial charge in [-0.15, -0.1) is 0 Å². The Kier molecular flexibility index (Phi) is 3.41. The fourth-order valence-electron chi connectivity index (χ4n) is 1.28. The first kappa shape index (κ1) is 13.0. The molecule has 0 saturated heterocycles. The van der Waals surface area contributed by atoms with E-state index in [1.807, 2.05) is 13.0 Å². The molecule has 1 aromatic carbocycles. The van der Waals surface area contributed by atoms with Crippen LogP contribution in [0.1, 0.15) is 29.8 Å². The van der Waals surface area contributed by atoms with E-state index in [-0.39, 0.29) is 0 Å². The van der Waals surface area contributed by atoms with Gasteiger partial charge < -0.3 is 16.8 Å². The summed E-state index contributed by atoms with van der Waals surface area (Å²) < 4.78 is 0. The van der Waals surface area contributed by atoms with Gasteiger partial charge in [0.2, 0.25) is 5.91 Å². The van der Waals surface area contributed by atoms with Crippen molar-refractivity contribution in [3.8, 4) is 0 Å². The van der Waals surface area contributed by atoms with Gasteiger partial charge in [-0.1, -0.05) is 11.6 Å². The van der Waals surface area contributed by atoms with E-state index in [0.717, 1.165) is 5.56 Å². The minimum atomic E-state index is -1.10. The molecule has 0 aliphatic rings. The van der Waals surface area contributed by atoms with Gasteiger partial charge >= 0.3 is 0 Å². The minimum Gasteiger partial charge on any atom is -0.398 e. The van der Waals surface area contributed by atoms with Gasteiger partial charge in [-0.2, -0.15) is 0 Å². The summed E-state index contributed by atoms with van der Waals surface area (Å²) in [4.78, 5) is 23.1. The maximum atomic E-state index is 11.9. The molecule has 0 aromatic heterocycles. The van der Waals surface area contributed by atoms with Gasteiger partial charge in [-0.05, 0) is 32.9 Å². The molecule has 0 atom stereocenters. The number of anilines is 1. The smallest absolute Gasteiger partial charge is 0.254 e. The number of nitrogens with one attached hydrogen (secondary N) is 1. The summed E-state index contributed by atoms with van der Waals surface area (Å²) in [6, 6.07) is 5.13. The molecule has 0 saturated carbocycles. The largest absolute Gasteiger partial charge is 0.398 e. The van der Waals surface area contributed by atoms with Crippen LogP contribution in [-0.2, 0) is 4.79 Å². The van der Waals surface area contributed by atoms with Gasteiger partial charge in [0.1, 0.15) is 5.54 Å². The number of hydrogen-bond donors (Lipinski definition) is 3. The number of primary amides is 1. The number of carbonyl (C=O) groups excluding carboxylic acids is 2. The molecule has 0 spiro atoms. The van der Waals surface area contributed by atoms with Gasteiger partial charge in [0, 0.05) is 5.69 Å². The Balaban J connectivity index is 2.98. The molecule has 5 heteroatoms. The zero-order chi connectivity index (χ0) is 13.2. The summed E-state index contributed by atoms with van der Waals surface area (Å²) in [6.45, 7) is 4.94. The monoisotopic (exact) mass is 235 g/mol. The Morgan fingerprint density at radius 1 is 1.29 bits per heavy atom. The number of aryl methyl sites for hydroxylation is 1. The zero-order valence-electron chi connectivity index (χ0n) is 10.2. The van der Waals surface area contributed by atoms with Crippen molar-refractivity contribution in [2.75, 3.05) is 5.73 Å². The van der Waals surface area contributed by atoms with Gasteiger partial charge in [0.05, 0.1) is 5.56 Å². The lowest BCUT2D eigenvalue weighted by Gasteiger charge is -2.22. The van der Waals surface area contributed by atoms with Gasteiger partial charge in [-0.3, -0.25) is 9.59 Å². The fourth-order valence-corrected chi connectivity index (χ4v) is 1.28. The highest BCUT2D eigenvalue weighted by molar-refractivity contribution is 6.02. The molecule has 5 nitrogen and oxygen atoms in total. The second kappa shape index (κ2) is 4.45. The van der Waals surface area contributed by atoms with Crippen LogP contribution in [0.5, 0.6) is 0 Å². The summed E-state index contributed by atoms with van der Waals surface area (Å²) in [5.74, 6) is -1.01. The summed E-state index contributed by atoms with van der Waals surface area (Å²) >= 11 is 0. The van der Waals surface area contributed by atoms with Crippen molar-refractivity contribution >= 4 is 17.5 Å². The van der Waals surface area contributed by atoms with Crippen molar-refractivity contribution in [3.63, 3.8) is 0 Å². The third-order valence-corrected chi connectivity index (χ3v) is 2.50. The maximum Gasteiger partial charge on any atom is 0.254 e. The molecule has 0 aliphatic heterocycles. The van der Waals surface area contributed by atoms with Crippen LogP contribution in [0.25, 0.3) is 0 Å². The number of carbonyl (C=O) groups is 2. The van der Waals surface area contributed by atoms with Crippen LogP contribution in [0.15, 0.2) is 18.2 Å². The normalized spacial score (nSPS) is 11.0. The molecule has 0 bridgehead atoms. The molecular formula is C12H17N3O2. The number of amides is 2. The standard InChI is InChI=1S/C12H17N3O2/c1-7-4-5-9(13)8(6-7)10(16)15-12(2,3)11(14)17/h4-6H,13H2,1-3H3,(H2,14,17)(H,15,16). The molecule has 1 rings (SSSR count). The topological polar surface area (TPSA) is 98.2 Å². The van der Waals surface area contributed by atoms with Gasteiger partial charge in [0.25, 0.3) is 5.91 Å². The lowest BCUT2D eigenvalue weighted by Crippen LogP contribution is -2.53. The minimum absolute atomic E-state index is 0.347. The first-order valence-electron chi connectivity index (χ1n) is 5.22. The van der Waals surface area contributed by atoms with Crippen LogP contribution in [-0.4, -0.2) is 17.4 Å². The van der Waals surface area contributed by atoms with Crippen molar-refractivity contribution in [3.05, 3.63) is 29.3 Å². The van der Waals surface area contributed by atoms with E-state index in [4.69, 9.17) is 11.5 Å². The van der Waals surface area contributed by atoms with Crippen LogP contribution < -0.4 is 16.8 Å². The van der Waals surface area contributed by atoms with E-state index in [1.165, 1.54) is 0 Å². The average molecular weight is 235 g/mol. The van der Waals surface area contributed by atoms with Crippen LogP contribution in [0, 0.1) is 6.92 Å². The van der Waals surface area contributed by atoms with Crippen molar-refractivity contribution < 1.29 is 9.59 Å². The second-order valence-corrected chi connectivity index (χ2v) is 4.53. The molecule has 5 N–H and O–H groups in total. The molecular weight excluding hydrogens is 218 g/mol. The molecule has 0 heterocycles. The van der Waals surface area contributed by atoms with E-state index >= 15 is 0 Å². The highest BCUT2D eigenvalue weighted by Crippen LogP contribution is 2.15. The average Bonchev–Trinajstić information content (AvgIpc) is 2.20. The van der Waals surface area contributed by atoms with Crippen molar-refractivity contribution in [2.24, 2.45) is 5.73 Å². The molecule has 17 heavy (non-hydrogen) atoms. The third kappa shape index (κ3) is 2.96. The molecule has 0 unspecified atom stereocenters. The number of hydrogen-bond acceptors (Lipinski definition) is 3. The highest BCUT2D eigenvalue weighted by atomic mass is 16.2. The molecule has 1 aromatic rings. The number of benzene rings is 1. The Morgan fingerprint density at radius 3 is 2.41 bits per heavy atom. The fraction of sp³-hybridized carbons (Fsp3) is 0.333. The third-order valence-electron chi connectivity index (χ3n) is 2.50. The van der Waals surface area contributed by atoms with Crippen molar-refractivity contribution in [2.45, 2.75) is 26.3 Å². The number of rotatable bonds is 3. The first-order valence-corrected chi connectivity index (χ1v) is 5.22. The zero-order valence-corrected chi connectivity index (χ0v) is 10.2. The summed E-state index contributed by atoms with van der Waals surface area (Å²) in [7, 11) is 0. The van der Waals surface area contributed by atoms with E-state index in [9.17, 15) is 9.59 Å². The van der Waals surface area contributed by atoms with Crippen LogP contribution in [0.2, 0.25) is 0 Å². The van der Waals surface area contributed by atoms with Crippen LogP contribution >= 0.6 is 0 Å². The lowest BCUT2D eigenvalue weighted by atomic mass is 10.0. The summed E-state index contributed by atoms with van der Waals surface area (Å²) in [6.07, 6.45) is 0. The Hall–Kier alpha value is -2.04. The summed E-state index contributed by atoms with van der Waals surface area (Å²) in [5.41, 5.74) is 11.4. The van der Waals surface area contributed by atoms with E-state index in [1.54, 1.807) is 26.0 Å². The first-order chi connectivity index (χ1) is 7.74. The van der Waals surface area contributed by atoms with E-state index < -0.39 is 17.4 Å². The van der Waals surface area contributed by atoms with Crippen molar-refractivity contribution in [1.29, 1.82) is 0 Å². The van der Waals surface area contributed by atoms with E-state index in [0.29, 0.717) is 11.3 Å². The summed E-state index contributed by atoms with van der Waals surface area (Å²) in [5, 5.41) is 2.55. The Labute approximate surface area is 100 Å². The number of nitrogens with two attached hydrogens (primary N) is 2. The molecule has 0 fully saturated rings. The molecule has 2 amide bonds. The predicted octanol–water partition coefficient (Wildman–Crippen LogP) is 0.571. The maximum absolute atomic E-state index is 11.9. The second-order valence-electron chi connectivity index (χ2n) is 4.53. The highest BCUT2D eigenvalue weighted by Gasteiger charge is 2.27. The van der Waals surface area contributed by atoms with Gasteiger partial charge in [0.15, 0.2) is 0 Å². The van der Waals surface area contributed by atoms with E-state index in [2.05, 4.69) is 5.32 Å². The Morgan fingerprint density at radius 2 is 1.88 bits per heavy atom. The Bertz CT molecular complexity index is 467. The van der Waals surface area contributed by atoms with Crippen LogP contribution in [0.4, 0.5) is 5.69 Å². The molecule has 0 aliphatic carbocycles. The quantitative estimate of drug-likeness (QED) is 0.668. The van der Waals surface area contributed by atoms with Crippen LogP contribution in [0.3, 0.4) is 0 Å². The van der Waals surface area contributed by atoms with Gasteiger partial charge in [-0.25, -0.2) is 0 Å². The molecule has 92 valence electrons. The van der Waals surface area contributed by atoms with Crippen molar-refractivity contribution in [1.82, 2.24) is 5.32 Å². The number of nitrogen functional groups attached to an aromatic ring is 1. The predicted molar refractivity (Wildman–Crippen MR) is 66.3 cm³/mol. The SMILES string of the molecule is Cc1ccc(N)c(C(=O)NC(C)(C)C(N)=O)c1. The molecule has 0 radical (unpaired) electrons. The lowest BCUT2D eigenvalue weighted by molar-refractivity contribution is -0.122.